The van der Waals surface area contributed by atoms with E-state index < -0.39 is 0 Å². The molecule has 132 valence electrons. The molecule has 2 aromatic heterocycles. The van der Waals surface area contributed by atoms with Gasteiger partial charge >= 0.3 is 0 Å². The van der Waals surface area contributed by atoms with Crippen LogP contribution in [0.2, 0.25) is 5.02 Å². The Labute approximate surface area is 152 Å². The van der Waals surface area contributed by atoms with Crippen LogP contribution in [0.15, 0.2) is 30.6 Å². The second-order valence-electron chi connectivity index (χ2n) is 6.32. The molecule has 2 aromatic rings. The second-order valence-corrected chi connectivity index (χ2v) is 6.76. The van der Waals surface area contributed by atoms with Gasteiger partial charge in [-0.2, -0.15) is 4.98 Å². The number of aryl methyl sites for hydroxylation is 1. The van der Waals surface area contributed by atoms with Crippen LogP contribution in [0.4, 0.5) is 0 Å². The van der Waals surface area contributed by atoms with Crippen molar-refractivity contribution in [3.8, 4) is 5.88 Å². The van der Waals surface area contributed by atoms with E-state index in [0.717, 1.165) is 48.3 Å². The summed E-state index contributed by atoms with van der Waals surface area (Å²) < 4.78 is 5.84. The van der Waals surface area contributed by atoms with E-state index in [4.69, 9.17) is 21.4 Å². The van der Waals surface area contributed by atoms with Gasteiger partial charge in [0, 0.05) is 24.6 Å². The Bertz CT molecular complexity index is 747. The first-order valence-corrected chi connectivity index (χ1v) is 8.90. The van der Waals surface area contributed by atoms with Gasteiger partial charge < -0.3 is 9.84 Å². The molecule has 0 saturated carbocycles. The predicted molar refractivity (Wildman–Crippen MR) is 97.4 cm³/mol. The van der Waals surface area contributed by atoms with E-state index in [9.17, 15) is 0 Å². The van der Waals surface area contributed by atoms with Crippen LogP contribution in [0.3, 0.4) is 0 Å². The lowest BCUT2D eigenvalue weighted by molar-refractivity contribution is 0.251. The van der Waals surface area contributed by atoms with E-state index in [1.807, 2.05) is 13.0 Å². The third-order valence-electron chi connectivity index (χ3n) is 4.41. The van der Waals surface area contributed by atoms with Gasteiger partial charge in [-0.15, -0.1) is 0 Å². The van der Waals surface area contributed by atoms with Gasteiger partial charge in [0.05, 0.1) is 10.7 Å². The highest BCUT2D eigenvalue weighted by Crippen LogP contribution is 2.31. The number of pyridine rings is 1. The number of hydrogen-bond acceptors (Lipinski definition) is 5. The number of halogens is 1. The minimum Gasteiger partial charge on any atom is -0.471 e. The molecular weight excluding hydrogens is 338 g/mol. The van der Waals surface area contributed by atoms with Crippen LogP contribution in [0.25, 0.3) is 5.57 Å². The van der Waals surface area contributed by atoms with E-state index in [-0.39, 0.29) is 6.61 Å². The van der Waals surface area contributed by atoms with Crippen molar-refractivity contribution < 1.29 is 9.84 Å². The lowest BCUT2D eigenvalue weighted by atomic mass is 9.87. The van der Waals surface area contributed by atoms with E-state index >= 15 is 0 Å². The van der Waals surface area contributed by atoms with Crippen LogP contribution in [0, 0.1) is 12.8 Å². The molecule has 1 atom stereocenters. The van der Waals surface area contributed by atoms with Gasteiger partial charge in [-0.25, -0.2) is 4.98 Å². The number of aromatic nitrogens is 3. The van der Waals surface area contributed by atoms with Crippen LogP contribution in [0.1, 0.15) is 42.8 Å². The average Bonchev–Trinajstić information content (AvgIpc) is 2.63. The highest BCUT2D eigenvalue weighted by Gasteiger charge is 2.17. The molecule has 5 nitrogen and oxygen atoms in total. The number of rotatable bonds is 6. The van der Waals surface area contributed by atoms with Gasteiger partial charge in [0.15, 0.2) is 5.82 Å². The SMILES string of the molecule is Cc1cnc(C2=CCC(CCO)CC2)nc1OCc1ccc(Cl)cn1. The minimum absolute atomic E-state index is 0.256. The Kier molecular flexibility index (Phi) is 6.00. The standard InChI is InChI=1S/C19H22ClN3O2/c1-13-10-22-18(15-4-2-14(3-5-15)8-9-24)23-19(13)25-12-17-7-6-16(20)11-21-17/h4,6-7,10-11,14,24H,2-3,5,8-9,12H2,1H3. The summed E-state index contributed by atoms with van der Waals surface area (Å²) >= 11 is 5.85. The van der Waals surface area contributed by atoms with Gasteiger partial charge in [-0.05, 0) is 56.2 Å². The maximum absolute atomic E-state index is 9.06. The summed E-state index contributed by atoms with van der Waals surface area (Å²) in [6, 6.07) is 3.63. The molecule has 3 rings (SSSR count). The fourth-order valence-corrected chi connectivity index (χ4v) is 3.01. The molecular formula is C19H22ClN3O2. The minimum atomic E-state index is 0.256. The van der Waals surface area contributed by atoms with Crippen molar-refractivity contribution in [3.63, 3.8) is 0 Å². The van der Waals surface area contributed by atoms with Gasteiger partial charge in [0.25, 0.3) is 0 Å². The maximum atomic E-state index is 9.06. The quantitative estimate of drug-likeness (QED) is 0.844. The Morgan fingerprint density at radius 2 is 2.16 bits per heavy atom. The summed E-state index contributed by atoms with van der Waals surface area (Å²) in [6.07, 6.45) is 9.43. The molecule has 1 aliphatic rings. The fourth-order valence-electron chi connectivity index (χ4n) is 2.90. The van der Waals surface area contributed by atoms with Crippen LogP contribution < -0.4 is 4.74 Å². The van der Waals surface area contributed by atoms with Gasteiger partial charge in [-0.3, -0.25) is 4.98 Å². The molecule has 0 aromatic carbocycles. The highest BCUT2D eigenvalue weighted by molar-refractivity contribution is 6.30. The number of aliphatic hydroxyl groups excluding tert-OH is 1. The number of ether oxygens (including phenoxy) is 1. The first kappa shape index (κ1) is 17.8. The first-order chi connectivity index (χ1) is 12.2. The normalized spacial score (nSPS) is 17.2. The summed E-state index contributed by atoms with van der Waals surface area (Å²) in [6.45, 7) is 2.53. The van der Waals surface area contributed by atoms with E-state index in [2.05, 4.69) is 21.0 Å². The monoisotopic (exact) mass is 359 g/mol. The lowest BCUT2D eigenvalue weighted by Crippen LogP contribution is -2.09. The van der Waals surface area contributed by atoms with Gasteiger partial charge in [0.2, 0.25) is 5.88 Å². The van der Waals surface area contributed by atoms with Crippen LogP contribution in [-0.2, 0) is 6.61 Å². The largest absolute Gasteiger partial charge is 0.471 e. The van der Waals surface area contributed by atoms with Crippen molar-refractivity contribution in [2.75, 3.05) is 6.61 Å². The van der Waals surface area contributed by atoms with Gasteiger partial charge in [0.1, 0.15) is 6.61 Å². The third kappa shape index (κ3) is 4.77. The molecule has 0 amide bonds. The molecule has 6 heteroatoms. The number of aliphatic hydroxyl groups is 1. The molecule has 0 radical (unpaired) electrons. The molecule has 0 saturated heterocycles. The van der Waals surface area contributed by atoms with Crippen LogP contribution in [0.5, 0.6) is 5.88 Å². The summed E-state index contributed by atoms with van der Waals surface area (Å²) in [4.78, 5) is 13.3. The second kappa shape index (κ2) is 8.41. The number of allylic oxidation sites excluding steroid dienone is 2. The molecule has 0 fully saturated rings. The third-order valence-corrected chi connectivity index (χ3v) is 4.64. The summed E-state index contributed by atoms with van der Waals surface area (Å²) in [5, 5.41) is 9.67. The molecule has 2 heterocycles. The van der Waals surface area contributed by atoms with Crippen molar-refractivity contribution in [2.45, 2.75) is 39.2 Å². The van der Waals surface area contributed by atoms with E-state index in [1.54, 1.807) is 18.5 Å². The van der Waals surface area contributed by atoms with Crippen molar-refractivity contribution in [2.24, 2.45) is 5.92 Å². The van der Waals surface area contributed by atoms with E-state index in [0.29, 0.717) is 23.4 Å². The summed E-state index contributed by atoms with van der Waals surface area (Å²) in [5.41, 5.74) is 2.85. The van der Waals surface area contributed by atoms with Crippen LogP contribution >= 0.6 is 11.6 Å². The summed E-state index contributed by atoms with van der Waals surface area (Å²) in [5.74, 6) is 1.87. The van der Waals surface area contributed by atoms with Crippen molar-refractivity contribution in [3.05, 3.63) is 52.7 Å². The maximum Gasteiger partial charge on any atom is 0.220 e. The van der Waals surface area contributed by atoms with Crippen LogP contribution in [-0.4, -0.2) is 26.7 Å². The van der Waals surface area contributed by atoms with Crippen molar-refractivity contribution >= 4 is 17.2 Å². The fraction of sp³-hybridized carbons (Fsp3) is 0.421. The van der Waals surface area contributed by atoms with Gasteiger partial charge in [-0.1, -0.05) is 17.7 Å². The lowest BCUT2D eigenvalue weighted by Gasteiger charge is -2.20. The highest BCUT2D eigenvalue weighted by atomic mass is 35.5. The zero-order valence-electron chi connectivity index (χ0n) is 14.3. The Hall–Kier alpha value is -1.98. The molecule has 1 N–H and O–H groups in total. The Balaban J connectivity index is 1.69. The van der Waals surface area contributed by atoms with Crippen molar-refractivity contribution in [1.82, 2.24) is 15.0 Å². The van der Waals surface area contributed by atoms with E-state index in [1.165, 1.54) is 0 Å². The smallest absolute Gasteiger partial charge is 0.220 e. The molecule has 0 spiro atoms. The topological polar surface area (TPSA) is 68.1 Å². The Morgan fingerprint density at radius 1 is 1.28 bits per heavy atom. The zero-order valence-corrected chi connectivity index (χ0v) is 15.0. The molecule has 1 unspecified atom stereocenters. The molecule has 0 aliphatic heterocycles. The number of hydrogen-bond donors (Lipinski definition) is 1. The predicted octanol–water partition coefficient (Wildman–Crippen LogP) is 3.98. The summed E-state index contributed by atoms with van der Waals surface area (Å²) in [7, 11) is 0. The Morgan fingerprint density at radius 3 is 2.84 bits per heavy atom. The molecule has 25 heavy (non-hydrogen) atoms. The number of nitrogens with zero attached hydrogens (tertiary/aromatic N) is 3. The average molecular weight is 360 g/mol. The molecule has 1 aliphatic carbocycles. The first-order valence-electron chi connectivity index (χ1n) is 8.53. The van der Waals surface area contributed by atoms with Crippen molar-refractivity contribution in [1.29, 1.82) is 0 Å². The molecule has 0 bridgehead atoms. The zero-order chi connectivity index (χ0) is 17.6.